The zero-order valence-corrected chi connectivity index (χ0v) is 17.1. The van der Waals surface area contributed by atoms with Crippen LogP contribution in [0.2, 0.25) is 0 Å². The maximum absolute atomic E-state index is 12.3. The first-order chi connectivity index (χ1) is 14.1. The Hall–Kier alpha value is -3.22. The van der Waals surface area contributed by atoms with E-state index in [1.54, 1.807) is 42.5 Å². The van der Waals surface area contributed by atoms with E-state index in [1.807, 2.05) is 0 Å². The maximum Gasteiger partial charge on any atom is 0.273 e. The topological polar surface area (TPSA) is 85.9 Å². The van der Waals surface area contributed by atoms with E-state index < -0.39 is 11.8 Å². The first kappa shape index (κ1) is 22.1. The highest BCUT2D eigenvalue weighted by atomic mass is 16.5. The molecule has 0 unspecified atom stereocenters. The molecule has 156 valence electrons. The quantitative estimate of drug-likeness (QED) is 0.469. The number of hydrogen-bond donors (Lipinski definition) is 2. The van der Waals surface area contributed by atoms with Crippen LogP contribution < -0.4 is 25.1 Å². The average Bonchev–Trinajstić information content (AvgIpc) is 2.77. The predicted molar refractivity (Wildman–Crippen MR) is 111 cm³/mol. The Kier molecular flexibility index (Phi) is 8.82. The van der Waals surface area contributed by atoms with Gasteiger partial charge in [0.25, 0.3) is 11.8 Å². The van der Waals surface area contributed by atoms with Crippen LogP contribution in [0.5, 0.6) is 17.2 Å². The van der Waals surface area contributed by atoms with Crippen LogP contribution >= 0.6 is 0 Å². The summed E-state index contributed by atoms with van der Waals surface area (Å²) in [7, 11) is 2.98. The molecule has 2 N–H and O–H groups in total. The molecule has 2 rings (SSSR count). The van der Waals surface area contributed by atoms with Crippen molar-refractivity contribution < 1.29 is 23.8 Å². The molecule has 7 heteroatoms. The highest BCUT2D eigenvalue weighted by molar-refractivity contribution is 6.00. The molecule has 0 aromatic heterocycles. The van der Waals surface area contributed by atoms with Crippen molar-refractivity contribution in [1.82, 2.24) is 10.9 Å². The monoisotopic (exact) mass is 400 g/mol. The van der Waals surface area contributed by atoms with E-state index in [9.17, 15) is 9.59 Å². The van der Waals surface area contributed by atoms with Gasteiger partial charge in [-0.05, 0) is 42.8 Å². The van der Waals surface area contributed by atoms with Crippen LogP contribution in [0.4, 0.5) is 0 Å². The molecular weight excluding hydrogens is 372 g/mol. The lowest BCUT2D eigenvalue weighted by molar-refractivity contribution is 0.0845. The lowest BCUT2D eigenvalue weighted by Crippen LogP contribution is -2.41. The standard InChI is InChI=1S/C22H28N2O5/c1-4-5-6-7-14-29-17-10-8-16(9-11-17)21(25)23-24-22(26)19-13-12-18(27-2)15-20(19)28-3/h8-13,15H,4-7,14H2,1-3H3,(H,23,25)(H,24,26). The molecule has 0 heterocycles. The summed E-state index contributed by atoms with van der Waals surface area (Å²) in [4.78, 5) is 24.6. The maximum atomic E-state index is 12.3. The molecule has 0 spiro atoms. The first-order valence-electron chi connectivity index (χ1n) is 9.64. The molecule has 7 nitrogen and oxygen atoms in total. The Morgan fingerprint density at radius 3 is 2.17 bits per heavy atom. The van der Waals surface area contributed by atoms with Gasteiger partial charge in [-0.1, -0.05) is 26.2 Å². The van der Waals surface area contributed by atoms with E-state index in [0.29, 0.717) is 29.4 Å². The largest absolute Gasteiger partial charge is 0.497 e. The molecule has 0 aliphatic heterocycles. The number of ether oxygens (including phenoxy) is 3. The highest BCUT2D eigenvalue weighted by Gasteiger charge is 2.14. The van der Waals surface area contributed by atoms with Crippen molar-refractivity contribution >= 4 is 11.8 Å². The van der Waals surface area contributed by atoms with Gasteiger partial charge in [0.2, 0.25) is 0 Å². The Morgan fingerprint density at radius 1 is 0.828 bits per heavy atom. The van der Waals surface area contributed by atoms with E-state index in [1.165, 1.54) is 27.1 Å². The van der Waals surface area contributed by atoms with E-state index in [-0.39, 0.29) is 5.56 Å². The predicted octanol–water partition coefficient (Wildman–Crippen LogP) is 3.74. The summed E-state index contributed by atoms with van der Waals surface area (Å²) in [6.07, 6.45) is 4.55. The fraction of sp³-hybridized carbons (Fsp3) is 0.364. The summed E-state index contributed by atoms with van der Waals surface area (Å²) in [5, 5.41) is 0. The van der Waals surface area contributed by atoms with Gasteiger partial charge >= 0.3 is 0 Å². The van der Waals surface area contributed by atoms with Crippen molar-refractivity contribution in [3.63, 3.8) is 0 Å². The fourth-order valence-electron chi connectivity index (χ4n) is 2.66. The van der Waals surface area contributed by atoms with Crippen molar-refractivity contribution in [2.24, 2.45) is 0 Å². The number of hydrogen-bond acceptors (Lipinski definition) is 5. The molecule has 2 aromatic rings. The Bertz CT molecular complexity index is 805. The third kappa shape index (κ3) is 6.71. The van der Waals surface area contributed by atoms with Crippen LogP contribution in [0.25, 0.3) is 0 Å². The first-order valence-corrected chi connectivity index (χ1v) is 9.64. The second-order valence-electron chi connectivity index (χ2n) is 6.41. The number of carbonyl (C=O) groups excluding carboxylic acids is 2. The van der Waals surface area contributed by atoms with Gasteiger partial charge in [0.1, 0.15) is 17.2 Å². The van der Waals surface area contributed by atoms with Gasteiger partial charge in [-0.25, -0.2) is 0 Å². The molecule has 0 aliphatic rings. The molecule has 0 aliphatic carbocycles. The lowest BCUT2D eigenvalue weighted by Gasteiger charge is -2.12. The minimum absolute atomic E-state index is 0.278. The normalized spacial score (nSPS) is 10.2. The molecule has 0 fully saturated rings. The van der Waals surface area contributed by atoms with Crippen molar-refractivity contribution in [2.45, 2.75) is 32.6 Å². The van der Waals surface area contributed by atoms with Gasteiger partial charge in [0.15, 0.2) is 0 Å². The van der Waals surface area contributed by atoms with Crippen LogP contribution in [-0.2, 0) is 0 Å². The van der Waals surface area contributed by atoms with Gasteiger partial charge in [-0.3, -0.25) is 20.4 Å². The number of carbonyl (C=O) groups is 2. The number of benzene rings is 2. The fourth-order valence-corrected chi connectivity index (χ4v) is 2.66. The summed E-state index contributed by atoms with van der Waals surface area (Å²) in [6, 6.07) is 11.6. The summed E-state index contributed by atoms with van der Waals surface area (Å²) < 4.78 is 16.0. The van der Waals surface area contributed by atoms with Crippen molar-refractivity contribution in [1.29, 1.82) is 0 Å². The number of nitrogens with one attached hydrogen (secondary N) is 2. The lowest BCUT2D eigenvalue weighted by atomic mass is 10.2. The second kappa shape index (κ2) is 11.6. The Balaban J connectivity index is 1.86. The molecular formula is C22H28N2O5. The molecule has 2 aromatic carbocycles. The van der Waals surface area contributed by atoms with Gasteiger partial charge < -0.3 is 14.2 Å². The Morgan fingerprint density at radius 2 is 1.52 bits per heavy atom. The molecule has 0 atom stereocenters. The molecule has 2 amide bonds. The van der Waals surface area contributed by atoms with E-state index in [0.717, 1.165) is 12.8 Å². The van der Waals surface area contributed by atoms with Crippen LogP contribution in [0.1, 0.15) is 53.3 Å². The van der Waals surface area contributed by atoms with Crippen molar-refractivity contribution in [2.75, 3.05) is 20.8 Å². The molecule has 0 radical (unpaired) electrons. The van der Waals surface area contributed by atoms with Gasteiger partial charge in [-0.2, -0.15) is 0 Å². The number of unbranched alkanes of at least 4 members (excludes halogenated alkanes) is 3. The third-order valence-electron chi connectivity index (χ3n) is 4.33. The Labute approximate surface area is 171 Å². The second-order valence-corrected chi connectivity index (χ2v) is 6.41. The third-order valence-corrected chi connectivity index (χ3v) is 4.33. The molecule has 0 bridgehead atoms. The summed E-state index contributed by atoms with van der Waals surface area (Å²) in [5.74, 6) is 0.696. The highest BCUT2D eigenvalue weighted by Crippen LogP contribution is 2.24. The van der Waals surface area contributed by atoms with Gasteiger partial charge in [0.05, 0.1) is 26.4 Å². The van der Waals surface area contributed by atoms with E-state index in [2.05, 4.69) is 17.8 Å². The van der Waals surface area contributed by atoms with Crippen molar-refractivity contribution in [3.05, 3.63) is 53.6 Å². The average molecular weight is 400 g/mol. The smallest absolute Gasteiger partial charge is 0.273 e. The molecule has 0 saturated heterocycles. The van der Waals surface area contributed by atoms with Crippen LogP contribution in [0, 0.1) is 0 Å². The number of hydrazine groups is 1. The van der Waals surface area contributed by atoms with Crippen LogP contribution in [-0.4, -0.2) is 32.6 Å². The summed E-state index contributed by atoms with van der Waals surface area (Å²) in [6.45, 7) is 2.83. The number of methoxy groups -OCH3 is 2. The van der Waals surface area contributed by atoms with Crippen molar-refractivity contribution in [3.8, 4) is 17.2 Å². The zero-order valence-electron chi connectivity index (χ0n) is 17.1. The summed E-state index contributed by atoms with van der Waals surface area (Å²) in [5.41, 5.74) is 5.47. The summed E-state index contributed by atoms with van der Waals surface area (Å²) >= 11 is 0. The minimum Gasteiger partial charge on any atom is -0.497 e. The molecule has 0 saturated carbocycles. The SMILES string of the molecule is CCCCCCOc1ccc(C(=O)NNC(=O)c2ccc(OC)cc2OC)cc1. The van der Waals surface area contributed by atoms with E-state index >= 15 is 0 Å². The van der Waals surface area contributed by atoms with Crippen LogP contribution in [0.3, 0.4) is 0 Å². The number of amides is 2. The van der Waals surface area contributed by atoms with E-state index in [4.69, 9.17) is 14.2 Å². The minimum atomic E-state index is -0.495. The van der Waals surface area contributed by atoms with Gasteiger partial charge in [-0.15, -0.1) is 0 Å². The van der Waals surface area contributed by atoms with Crippen LogP contribution in [0.15, 0.2) is 42.5 Å². The van der Waals surface area contributed by atoms with Gasteiger partial charge in [0, 0.05) is 11.6 Å². The number of rotatable bonds is 10. The molecule has 29 heavy (non-hydrogen) atoms. The zero-order chi connectivity index (χ0) is 21.1.